The van der Waals surface area contributed by atoms with Gasteiger partial charge in [-0.05, 0) is 33.6 Å². The van der Waals surface area contributed by atoms with Crippen LogP contribution in [-0.4, -0.2) is 47.2 Å². The third-order valence-corrected chi connectivity index (χ3v) is 5.33. The van der Waals surface area contributed by atoms with Crippen molar-refractivity contribution in [1.82, 2.24) is 14.8 Å². The number of anilines is 1. The molecule has 0 radical (unpaired) electrons. The molecule has 26 heavy (non-hydrogen) atoms. The monoisotopic (exact) mass is 454 g/mol. The van der Waals surface area contributed by atoms with E-state index in [1.54, 1.807) is 17.0 Å². The summed E-state index contributed by atoms with van der Waals surface area (Å²) in [6.45, 7) is 0.634. The average Bonchev–Trinajstić information content (AvgIpc) is 2.97. The topological polar surface area (TPSA) is 43.2 Å². The number of halogens is 5. The molecule has 11 heteroatoms. The first-order chi connectivity index (χ1) is 12.3. The van der Waals surface area contributed by atoms with Gasteiger partial charge in [-0.25, -0.2) is 4.39 Å². The van der Waals surface area contributed by atoms with E-state index >= 15 is 0 Å². The first-order valence-electron chi connectivity index (χ1n) is 7.73. The Morgan fingerprint density at radius 2 is 1.92 bits per heavy atom. The van der Waals surface area contributed by atoms with Gasteiger partial charge in [0, 0.05) is 18.8 Å². The van der Waals surface area contributed by atoms with E-state index in [0.717, 1.165) is 21.9 Å². The highest BCUT2D eigenvalue weighted by Crippen LogP contribution is 2.30. The van der Waals surface area contributed by atoms with E-state index in [9.17, 15) is 17.6 Å². The minimum Gasteiger partial charge on any atom is -0.378 e. The van der Waals surface area contributed by atoms with Crippen molar-refractivity contribution in [2.75, 3.05) is 31.2 Å². The van der Waals surface area contributed by atoms with E-state index in [4.69, 9.17) is 4.74 Å². The predicted octanol–water partition coefficient (Wildman–Crippen LogP) is 3.87. The third-order valence-electron chi connectivity index (χ3n) is 3.68. The van der Waals surface area contributed by atoms with Crippen molar-refractivity contribution in [2.45, 2.75) is 23.6 Å². The second-order valence-electron chi connectivity index (χ2n) is 5.62. The van der Waals surface area contributed by atoms with E-state index in [1.807, 2.05) is 0 Å². The lowest BCUT2D eigenvalue weighted by atomic mass is 10.2. The lowest BCUT2D eigenvalue weighted by Gasteiger charge is -2.28. The number of aromatic nitrogens is 3. The lowest BCUT2D eigenvalue weighted by Crippen LogP contribution is -2.38. The van der Waals surface area contributed by atoms with Crippen molar-refractivity contribution in [3.05, 3.63) is 34.1 Å². The molecule has 1 aliphatic heterocycles. The fourth-order valence-electron chi connectivity index (χ4n) is 2.48. The molecule has 5 nitrogen and oxygen atoms in total. The van der Waals surface area contributed by atoms with Gasteiger partial charge in [-0.1, -0.05) is 17.8 Å². The zero-order valence-corrected chi connectivity index (χ0v) is 15.9. The Balaban J connectivity index is 1.80. The van der Waals surface area contributed by atoms with E-state index < -0.39 is 18.5 Å². The fourth-order valence-corrected chi connectivity index (χ4v) is 3.78. The minimum atomic E-state index is -4.39. The molecule has 1 aromatic carbocycles. The molecule has 1 aromatic heterocycles. The van der Waals surface area contributed by atoms with Crippen molar-refractivity contribution in [3.63, 3.8) is 0 Å². The van der Waals surface area contributed by atoms with Gasteiger partial charge in [0.15, 0.2) is 5.16 Å². The first-order valence-corrected chi connectivity index (χ1v) is 9.51. The molecule has 0 atom stereocenters. The number of morpholine rings is 1. The smallest absolute Gasteiger partial charge is 0.378 e. The molecule has 2 aromatic rings. The molecular formula is C15H15BrF4N4OS. The van der Waals surface area contributed by atoms with E-state index in [-0.39, 0.29) is 11.1 Å². The summed E-state index contributed by atoms with van der Waals surface area (Å²) in [5.74, 6) is 0.139. The van der Waals surface area contributed by atoms with Gasteiger partial charge in [-0.2, -0.15) is 13.2 Å². The van der Waals surface area contributed by atoms with E-state index in [2.05, 4.69) is 26.1 Å². The van der Waals surface area contributed by atoms with Gasteiger partial charge in [0.25, 0.3) is 0 Å². The van der Waals surface area contributed by atoms with Crippen LogP contribution in [0.25, 0.3) is 0 Å². The Morgan fingerprint density at radius 3 is 2.58 bits per heavy atom. The maximum Gasteiger partial charge on any atom is 0.406 e. The second-order valence-corrected chi connectivity index (χ2v) is 7.42. The van der Waals surface area contributed by atoms with Crippen LogP contribution < -0.4 is 4.90 Å². The number of rotatable bonds is 5. The molecule has 0 N–H and O–H groups in total. The largest absolute Gasteiger partial charge is 0.406 e. The van der Waals surface area contributed by atoms with Crippen LogP contribution in [0.3, 0.4) is 0 Å². The Kier molecular flexibility index (Phi) is 6.08. The van der Waals surface area contributed by atoms with Crippen LogP contribution in [-0.2, 0) is 17.0 Å². The van der Waals surface area contributed by atoms with Crippen molar-refractivity contribution in [1.29, 1.82) is 0 Å². The van der Waals surface area contributed by atoms with Crippen molar-refractivity contribution in [3.8, 4) is 0 Å². The highest BCUT2D eigenvalue weighted by molar-refractivity contribution is 9.10. The summed E-state index contributed by atoms with van der Waals surface area (Å²) >= 11 is 4.23. The van der Waals surface area contributed by atoms with Gasteiger partial charge >= 0.3 is 6.18 Å². The van der Waals surface area contributed by atoms with Crippen LogP contribution in [0.4, 0.5) is 23.5 Å². The van der Waals surface area contributed by atoms with Gasteiger partial charge in [0.2, 0.25) is 5.95 Å². The van der Waals surface area contributed by atoms with Crippen LogP contribution in [0.2, 0.25) is 0 Å². The van der Waals surface area contributed by atoms with Crippen molar-refractivity contribution >= 4 is 33.6 Å². The van der Waals surface area contributed by atoms with Crippen LogP contribution in [0, 0.1) is 5.82 Å². The van der Waals surface area contributed by atoms with Gasteiger partial charge in [-0.3, -0.25) is 4.57 Å². The number of alkyl halides is 3. The number of hydrogen-bond acceptors (Lipinski definition) is 5. The summed E-state index contributed by atoms with van der Waals surface area (Å²) in [4.78, 5) is 1.74. The standard InChI is InChI=1S/C15H15BrF4N4OS/c16-11-7-10(1-2-12(11)17)8-26-14-22-21-13(23-3-5-25-6-4-23)24(14)9-15(18,19)20/h1-2,7H,3-6,8-9H2. The number of thioether (sulfide) groups is 1. The molecule has 1 aliphatic rings. The van der Waals surface area contributed by atoms with Crippen molar-refractivity contribution in [2.24, 2.45) is 0 Å². The molecule has 1 fully saturated rings. The normalized spacial score (nSPS) is 15.5. The number of nitrogens with zero attached hydrogens (tertiary/aromatic N) is 4. The molecule has 0 amide bonds. The molecule has 2 heterocycles. The van der Waals surface area contributed by atoms with Crippen LogP contribution in [0.15, 0.2) is 27.8 Å². The maximum absolute atomic E-state index is 13.3. The molecule has 1 saturated heterocycles. The van der Waals surface area contributed by atoms with Crippen LogP contribution in [0.1, 0.15) is 5.56 Å². The Bertz CT molecular complexity index is 765. The molecule has 0 spiro atoms. The Hall–Kier alpha value is -1.33. The second kappa shape index (κ2) is 8.13. The summed E-state index contributed by atoms with van der Waals surface area (Å²) < 4.78 is 59.0. The molecule has 0 unspecified atom stereocenters. The quantitative estimate of drug-likeness (QED) is 0.506. The van der Waals surface area contributed by atoms with Crippen molar-refractivity contribution < 1.29 is 22.3 Å². The highest BCUT2D eigenvalue weighted by atomic mass is 79.9. The van der Waals surface area contributed by atoms with Gasteiger partial charge in [-0.15, -0.1) is 10.2 Å². The summed E-state index contributed by atoms with van der Waals surface area (Å²) in [6.07, 6.45) is -4.39. The number of benzene rings is 1. The molecule has 0 saturated carbocycles. The predicted molar refractivity (Wildman–Crippen MR) is 92.8 cm³/mol. The first kappa shape index (κ1) is 19.4. The van der Waals surface area contributed by atoms with Crippen LogP contribution in [0.5, 0.6) is 0 Å². The molecule has 142 valence electrons. The summed E-state index contributed by atoms with van der Waals surface area (Å²) in [6, 6.07) is 4.48. The zero-order chi connectivity index (χ0) is 18.7. The van der Waals surface area contributed by atoms with E-state index in [1.165, 1.54) is 6.07 Å². The Morgan fingerprint density at radius 1 is 1.19 bits per heavy atom. The Labute approximate surface area is 159 Å². The summed E-state index contributed by atoms with van der Waals surface area (Å²) in [7, 11) is 0. The van der Waals surface area contributed by atoms with Gasteiger partial charge in [0.05, 0.1) is 17.7 Å². The SMILES string of the molecule is Fc1ccc(CSc2nnc(N3CCOCC3)n2CC(F)(F)F)cc1Br. The van der Waals surface area contributed by atoms with Gasteiger partial charge in [0.1, 0.15) is 12.4 Å². The zero-order valence-electron chi connectivity index (χ0n) is 13.5. The number of hydrogen-bond donors (Lipinski definition) is 0. The van der Waals surface area contributed by atoms with Gasteiger partial charge < -0.3 is 9.64 Å². The maximum atomic E-state index is 13.3. The summed E-state index contributed by atoms with van der Waals surface area (Å²) in [5, 5.41) is 8.07. The van der Waals surface area contributed by atoms with E-state index in [0.29, 0.717) is 36.5 Å². The minimum absolute atomic E-state index is 0.171. The highest BCUT2D eigenvalue weighted by Gasteiger charge is 2.32. The fraction of sp³-hybridized carbons (Fsp3) is 0.467. The average molecular weight is 455 g/mol. The third kappa shape index (κ3) is 4.89. The molecular weight excluding hydrogens is 440 g/mol. The van der Waals surface area contributed by atoms with Crippen LogP contribution >= 0.6 is 27.7 Å². The number of ether oxygens (including phenoxy) is 1. The lowest BCUT2D eigenvalue weighted by molar-refractivity contribution is -0.141. The summed E-state index contributed by atoms with van der Waals surface area (Å²) in [5.41, 5.74) is 0.762. The molecule has 0 aliphatic carbocycles. The molecule has 3 rings (SSSR count). The molecule has 0 bridgehead atoms.